The predicted molar refractivity (Wildman–Crippen MR) is 144 cm³/mol. The number of fused-ring (bicyclic) bond motifs is 1. The Kier molecular flexibility index (Phi) is 10.0. The maximum Gasteiger partial charge on any atom is 0.243 e. The van der Waals surface area contributed by atoms with Gasteiger partial charge in [0.15, 0.2) is 0 Å². The Morgan fingerprint density at radius 2 is 1.74 bits per heavy atom. The van der Waals surface area contributed by atoms with Gasteiger partial charge >= 0.3 is 0 Å². The molecule has 0 radical (unpaired) electrons. The third-order valence-electron chi connectivity index (χ3n) is 6.09. The van der Waals surface area contributed by atoms with Crippen LogP contribution in [0.4, 0.5) is 8.78 Å². The number of benzene rings is 2. The molecule has 14 heteroatoms. The second-order valence-corrected chi connectivity index (χ2v) is 11.9. The van der Waals surface area contributed by atoms with Gasteiger partial charge in [-0.2, -0.15) is 12.6 Å². The van der Waals surface area contributed by atoms with Gasteiger partial charge in [-0.25, -0.2) is 21.9 Å². The Labute approximate surface area is 231 Å². The van der Waals surface area contributed by atoms with E-state index in [0.29, 0.717) is 6.07 Å². The lowest BCUT2D eigenvalue weighted by molar-refractivity contribution is -0.143. The van der Waals surface area contributed by atoms with Crippen molar-refractivity contribution in [1.82, 2.24) is 20.3 Å². The molecule has 1 aliphatic rings. The third-order valence-corrected chi connectivity index (χ3v) is 6.98. The molecular weight excluding hydrogens is 552 g/mol. The molecule has 1 heterocycles. The number of carbonyl (C=O) groups excluding carboxylic acids is 3. The summed E-state index contributed by atoms with van der Waals surface area (Å²) in [7, 11) is -3.94. The number of hydrogen-bond acceptors (Lipinski definition) is 7. The van der Waals surface area contributed by atoms with Crippen LogP contribution in [0.2, 0.25) is 0 Å². The third kappa shape index (κ3) is 8.71. The Bertz CT molecular complexity index is 1320. The maximum atomic E-state index is 13.8. The van der Waals surface area contributed by atoms with E-state index in [1.807, 2.05) is 6.07 Å². The van der Waals surface area contributed by atoms with Gasteiger partial charge in [0.2, 0.25) is 27.7 Å². The molecule has 0 fully saturated rings. The molecular formula is C25H31F2N5O5S2. The lowest BCUT2D eigenvalue weighted by Gasteiger charge is -2.38. The molecule has 2 aromatic carbocycles. The van der Waals surface area contributed by atoms with Crippen molar-refractivity contribution in [2.75, 3.05) is 12.8 Å². The summed E-state index contributed by atoms with van der Waals surface area (Å²) < 4.78 is 54.1. The van der Waals surface area contributed by atoms with E-state index < -0.39 is 62.9 Å². The minimum Gasteiger partial charge on any atom is -0.352 e. The van der Waals surface area contributed by atoms with Crippen LogP contribution in [0.25, 0.3) is 0 Å². The van der Waals surface area contributed by atoms with E-state index in [1.54, 1.807) is 18.2 Å². The van der Waals surface area contributed by atoms with Crippen LogP contribution in [0, 0.1) is 11.6 Å². The molecule has 3 amide bonds. The van der Waals surface area contributed by atoms with Gasteiger partial charge < -0.3 is 21.3 Å². The quantitative estimate of drug-likeness (QED) is 0.199. The second-order valence-electron chi connectivity index (χ2n) is 9.42. The van der Waals surface area contributed by atoms with Gasteiger partial charge in [-0.15, -0.1) is 0 Å². The highest BCUT2D eigenvalue weighted by atomic mass is 32.2. The number of nitrogens with zero attached hydrogens (tertiary/aromatic N) is 1. The van der Waals surface area contributed by atoms with Crippen molar-refractivity contribution in [2.45, 2.75) is 49.8 Å². The zero-order chi connectivity index (χ0) is 28.9. The maximum absolute atomic E-state index is 13.8. The highest BCUT2D eigenvalue weighted by Crippen LogP contribution is 2.25. The fourth-order valence-electron chi connectivity index (χ4n) is 4.32. The van der Waals surface area contributed by atoms with E-state index in [-0.39, 0.29) is 31.5 Å². The zero-order valence-corrected chi connectivity index (χ0v) is 23.1. The first-order chi connectivity index (χ1) is 18.2. The minimum atomic E-state index is -3.94. The largest absolute Gasteiger partial charge is 0.352 e. The molecule has 4 atom stereocenters. The highest BCUT2D eigenvalue weighted by molar-refractivity contribution is 7.88. The van der Waals surface area contributed by atoms with Crippen molar-refractivity contribution in [1.29, 1.82) is 0 Å². The van der Waals surface area contributed by atoms with E-state index >= 15 is 0 Å². The summed E-state index contributed by atoms with van der Waals surface area (Å²) in [6.07, 6.45) is 0.589. The van der Waals surface area contributed by atoms with E-state index in [0.717, 1.165) is 29.5 Å². The number of nitrogens with one attached hydrogen (secondary N) is 3. The van der Waals surface area contributed by atoms with E-state index in [9.17, 15) is 31.6 Å². The molecule has 0 spiro atoms. The van der Waals surface area contributed by atoms with E-state index in [2.05, 4.69) is 28.0 Å². The molecule has 39 heavy (non-hydrogen) atoms. The summed E-state index contributed by atoms with van der Waals surface area (Å²) >= 11 is 3.99. The average molecular weight is 584 g/mol. The smallest absolute Gasteiger partial charge is 0.243 e. The monoisotopic (exact) mass is 583 g/mol. The van der Waals surface area contributed by atoms with E-state index in [4.69, 9.17) is 5.73 Å². The summed E-state index contributed by atoms with van der Waals surface area (Å²) in [5, 5.41) is 4.55. The lowest BCUT2D eigenvalue weighted by atomic mass is 9.92. The number of nitrogens with two attached hydrogens (primary N) is 1. The number of carbonyl (C=O) groups is 3. The van der Waals surface area contributed by atoms with Gasteiger partial charge in [0.25, 0.3) is 0 Å². The van der Waals surface area contributed by atoms with Crippen LogP contribution in [0.15, 0.2) is 42.5 Å². The summed E-state index contributed by atoms with van der Waals surface area (Å²) in [4.78, 5) is 40.8. The Morgan fingerprint density at radius 1 is 1.13 bits per heavy atom. The standard InChI is InChI=1S/C25H31F2N5O5S2/c1-14(23(33)29-12-22(28)38)30-24(34)21-10-16-5-3-4-6-17(16)13-32(21)25(35)20(31-39(2,36)37)9-15-7-18(26)11-19(27)8-15/h3-8,11,14,20-22,31,38H,9-10,12-13,28H2,1-2H3,(H,29,33)(H,30,34)/t14-,20-,21-,22+/m0/s1. The van der Waals surface area contributed by atoms with Crippen molar-refractivity contribution in [2.24, 2.45) is 5.73 Å². The van der Waals surface area contributed by atoms with Gasteiger partial charge in [0.05, 0.1) is 11.6 Å². The van der Waals surface area contributed by atoms with Gasteiger partial charge in [-0.3, -0.25) is 14.4 Å². The summed E-state index contributed by atoms with van der Waals surface area (Å²) in [6, 6.07) is 6.27. The van der Waals surface area contributed by atoms with Crippen LogP contribution >= 0.6 is 12.6 Å². The zero-order valence-electron chi connectivity index (χ0n) is 21.4. The molecule has 5 N–H and O–H groups in total. The van der Waals surface area contributed by atoms with Crippen molar-refractivity contribution in [3.63, 3.8) is 0 Å². The normalized spacial score (nSPS) is 17.5. The Balaban J connectivity index is 1.91. The second kappa shape index (κ2) is 12.9. The van der Waals surface area contributed by atoms with Gasteiger partial charge in [-0.05, 0) is 42.2 Å². The highest BCUT2D eigenvalue weighted by Gasteiger charge is 2.39. The van der Waals surface area contributed by atoms with Gasteiger partial charge in [0, 0.05) is 25.6 Å². The molecule has 0 saturated heterocycles. The van der Waals surface area contributed by atoms with Crippen LogP contribution < -0.4 is 21.1 Å². The van der Waals surface area contributed by atoms with Crippen molar-refractivity contribution in [3.05, 3.63) is 70.8 Å². The summed E-state index contributed by atoms with van der Waals surface area (Å²) in [6.45, 7) is 1.51. The average Bonchev–Trinajstić information content (AvgIpc) is 2.84. The van der Waals surface area contributed by atoms with Crippen LogP contribution in [-0.4, -0.2) is 67.3 Å². The molecule has 3 rings (SSSR count). The van der Waals surface area contributed by atoms with Crippen LogP contribution in [0.5, 0.6) is 0 Å². The first-order valence-electron chi connectivity index (χ1n) is 12.0. The molecule has 0 unspecified atom stereocenters. The molecule has 0 saturated carbocycles. The summed E-state index contributed by atoms with van der Waals surface area (Å²) in [5.74, 6) is -3.67. The van der Waals surface area contributed by atoms with Gasteiger partial charge in [-0.1, -0.05) is 24.3 Å². The number of rotatable bonds is 10. The van der Waals surface area contributed by atoms with Crippen LogP contribution in [0.3, 0.4) is 0 Å². The minimum absolute atomic E-state index is 0.0262. The van der Waals surface area contributed by atoms with Crippen molar-refractivity contribution < 1.29 is 31.6 Å². The Hall–Kier alpha value is -3.07. The molecule has 2 aromatic rings. The molecule has 1 aliphatic heterocycles. The van der Waals surface area contributed by atoms with E-state index in [1.165, 1.54) is 11.8 Å². The lowest BCUT2D eigenvalue weighted by Crippen LogP contribution is -2.59. The van der Waals surface area contributed by atoms with Crippen LogP contribution in [-0.2, 0) is 43.8 Å². The topological polar surface area (TPSA) is 151 Å². The molecule has 0 aliphatic carbocycles. The molecule has 10 nitrogen and oxygen atoms in total. The molecule has 0 bridgehead atoms. The first kappa shape index (κ1) is 30.5. The number of amides is 3. The summed E-state index contributed by atoms with van der Waals surface area (Å²) in [5.41, 5.74) is 7.13. The fraction of sp³-hybridized carbons (Fsp3) is 0.400. The SMILES string of the molecule is C[C@H](NC(=O)[C@@H]1Cc2ccccc2CN1C(=O)[C@H](Cc1cc(F)cc(F)c1)NS(C)(=O)=O)C(=O)NC[C@H](N)S. The number of thiol groups is 1. The Morgan fingerprint density at radius 3 is 2.33 bits per heavy atom. The molecule has 0 aromatic heterocycles. The fourth-order valence-corrected chi connectivity index (χ4v) is 5.12. The predicted octanol–water partition coefficient (Wildman–Crippen LogP) is 0.214. The van der Waals surface area contributed by atoms with Crippen molar-refractivity contribution in [3.8, 4) is 0 Å². The van der Waals surface area contributed by atoms with Gasteiger partial charge in [0.1, 0.15) is 29.8 Å². The number of halogens is 2. The van der Waals surface area contributed by atoms with Crippen molar-refractivity contribution >= 4 is 40.4 Å². The number of sulfonamides is 1. The van der Waals surface area contributed by atoms with Crippen LogP contribution in [0.1, 0.15) is 23.6 Å². The first-order valence-corrected chi connectivity index (χ1v) is 14.5. The number of hydrogen-bond donors (Lipinski definition) is 5. The molecule has 212 valence electrons.